The molecule has 0 aromatic heterocycles. The summed E-state index contributed by atoms with van der Waals surface area (Å²) in [5.41, 5.74) is 6.81. The van der Waals surface area contributed by atoms with E-state index in [1.54, 1.807) is 14.2 Å². The van der Waals surface area contributed by atoms with E-state index in [0.717, 1.165) is 32.1 Å². The molecule has 2 fully saturated rings. The van der Waals surface area contributed by atoms with Crippen LogP contribution >= 0.6 is 12.4 Å². The van der Waals surface area contributed by atoms with Crippen molar-refractivity contribution >= 4 is 18.3 Å². The van der Waals surface area contributed by atoms with Crippen molar-refractivity contribution in [3.8, 4) is 11.5 Å². The number of benzene rings is 1. The van der Waals surface area contributed by atoms with Gasteiger partial charge in [0, 0.05) is 18.1 Å². The van der Waals surface area contributed by atoms with E-state index >= 15 is 0 Å². The van der Waals surface area contributed by atoms with Crippen LogP contribution in [0, 0.1) is 0 Å². The van der Waals surface area contributed by atoms with Crippen molar-refractivity contribution < 1.29 is 14.3 Å². The number of halogens is 1. The van der Waals surface area contributed by atoms with Gasteiger partial charge in [-0.2, -0.15) is 0 Å². The van der Waals surface area contributed by atoms with Gasteiger partial charge in [-0.3, -0.25) is 4.79 Å². The Bertz CT molecular complexity index is 555. The Kier molecular flexibility index (Phi) is 6.35. The standard InChI is InChI=1S/C18H26N2O3.ClH/c1-22-15-10-5-11-16(23-2)17(15)18(21)20(12-6-3-7-12)14-9-4-8-13(14)19;/h5,10-14H,3-4,6-9,19H2,1-2H3;1H/t13-,14-;/m0./s1. The van der Waals surface area contributed by atoms with Crippen molar-refractivity contribution in [3.63, 3.8) is 0 Å². The van der Waals surface area contributed by atoms with Crippen LogP contribution in [-0.4, -0.2) is 43.2 Å². The van der Waals surface area contributed by atoms with Crippen LogP contribution in [0.3, 0.4) is 0 Å². The maximum atomic E-state index is 13.4. The Balaban J connectivity index is 0.00000208. The third-order valence-electron chi connectivity index (χ3n) is 5.23. The molecule has 0 aliphatic heterocycles. The van der Waals surface area contributed by atoms with Gasteiger partial charge < -0.3 is 20.1 Å². The highest BCUT2D eigenvalue weighted by Gasteiger charge is 2.40. The van der Waals surface area contributed by atoms with E-state index in [1.807, 2.05) is 23.1 Å². The van der Waals surface area contributed by atoms with Crippen LogP contribution in [0.1, 0.15) is 48.9 Å². The first kappa shape index (κ1) is 18.9. The van der Waals surface area contributed by atoms with Gasteiger partial charge in [-0.05, 0) is 50.7 Å². The monoisotopic (exact) mass is 354 g/mol. The van der Waals surface area contributed by atoms with Crippen molar-refractivity contribution in [1.82, 2.24) is 4.90 Å². The first-order valence-electron chi connectivity index (χ1n) is 8.46. The van der Waals surface area contributed by atoms with Gasteiger partial charge in [-0.25, -0.2) is 0 Å². The Hall–Kier alpha value is -1.46. The lowest BCUT2D eigenvalue weighted by Gasteiger charge is -2.43. The average molecular weight is 355 g/mol. The molecule has 2 N–H and O–H groups in total. The van der Waals surface area contributed by atoms with Gasteiger partial charge >= 0.3 is 0 Å². The van der Waals surface area contributed by atoms with Crippen LogP contribution in [0.15, 0.2) is 18.2 Å². The predicted molar refractivity (Wildman–Crippen MR) is 96.2 cm³/mol. The first-order chi connectivity index (χ1) is 11.2. The van der Waals surface area contributed by atoms with Crippen molar-refractivity contribution in [2.45, 2.75) is 56.7 Å². The molecule has 0 unspecified atom stereocenters. The summed E-state index contributed by atoms with van der Waals surface area (Å²) in [6.45, 7) is 0. The second-order valence-electron chi connectivity index (χ2n) is 6.50. The highest BCUT2D eigenvalue weighted by atomic mass is 35.5. The highest BCUT2D eigenvalue weighted by molar-refractivity contribution is 6.00. The summed E-state index contributed by atoms with van der Waals surface area (Å²) < 4.78 is 10.8. The lowest BCUT2D eigenvalue weighted by Crippen LogP contribution is -2.54. The highest BCUT2D eigenvalue weighted by Crippen LogP contribution is 2.37. The van der Waals surface area contributed by atoms with Gasteiger partial charge in [0.25, 0.3) is 5.91 Å². The molecule has 0 bridgehead atoms. The van der Waals surface area contributed by atoms with Gasteiger partial charge in [0.15, 0.2) is 0 Å². The predicted octanol–water partition coefficient (Wildman–Crippen LogP) is 3.00. The minimum atomic E-state index is -0.00801. The molecule has 134 valence electrons. The summed E-state index contributed by atoms with van der Waals surface area (Å²) in [4.78, 5) is 15.4. The molecule has 2 aliphatic carbocycles. The summed E-state index contributed by atoms with van der Waals surface area (Å²) in [6.07, 6.45) is 6.37. The molecule has 0 spiro atoms. The van der Waals surface area contributed by atoms with E-state index in [9.17, 15) is 4.79 Å². The Labute approximate surface area is 149 Å². The van der Waals surface area contributed by atoms with Gasteiger partial charge in [0.2, 0.25) is 0 Å². The summed E-state index contributed by atoms with van der Waals surface area (Å²) in [5.74, 6) is 1.11. The fourth-order valence-corrected chi connectivity index (χ4v) is 3.76. The van der Waals surface area contributed by atoms with E-state index in [4.69, 9.17) is 15.2 Å². The molecule has 1 aromatic carbocycles. The lowest BCUT2D eigenvalue weighted by atomic mass is 9.88. The molecular weight excluding hydrogens is 328 g/mol. The van der Waals surface area contributed by atoms with Crippen LogP contribution < -0.4 is 15.2 Å². The summed E-state index contributed by atoms with van der Waals surface area (Å²) >= 11 is 0. The molecule has 2 saturated carbocycles. The maximum Gasteiger partial charge on any atom is 0.261 e. The molecule has 2 aliphatic rings. The second-order valence-corrected chi connectivity index (χ2v) is 6.50. The van der Waals surface area contributed by atoms with E-state index in [2.05, 4.69) is 0 Å². The zero-order valence-corrected chi connectivity index (χ0v) is 15.2. The zero-order chi connectivity index (χ0) is 16.4. The van der Waals surface area contributed by atoms with Crippen molar-refractivity contribution in [1.29, 1.82) is 0 Å². The SMILES string of the molecule is COc1cccc(OC)c1C(=O)N(C1CCC1)[C@H]1CCC[C@@H]1N.Cl. The topological polar surface area (TPSA) is 64.8 Å². The number of hydrogen-bond acceptors (Lipinski definition) is 4. The number of nitrogens with zero attached hydrogens (tertiary/aromatic N) is 1. The number of amides is 1. The Morgan fingerprint density at radius 1 is 1.08 bits per heavy atom. The van der Waals surface area contributed by atoms with E-state index < -0.39 is 0 Å². The molecule has 24 heavy (non-hydrogen) atoms. The summed E-state index contributed by atoms with van der Waals surface area (Å²) in [5, 5.41) is 0. The van der Waals surface area contributed by atoms with E-state index in [1.165, 1.54) is 6.42 Å². The third kappa shape index (κ3) is 3.33. The zero-order valence-electron chi connectivity index (χ0n) is 14.4. The number of methoxy groups -OCH3 is 2. The maximum absolute atomic E-state index is 13.4. The van der Waals surface area contributed by atoms with E-state index in [0.29, 0.717) is 23.1 Å². The van der Waals surface area contributed by atoms with Gasteiger partial charge in [0.05, 0.1) is 14.2 Å². The Morgan fingerprint density at radius 2 is 1.67 bits per heavy atom. The fraction of sp³-hybridized carbons (Fsp3) is 0.611. The van der Waals surface area contributed by atoms with Crippen LogP contribution in [-0.2, 0) is 0 Å². The minimum Gasteiger partial charge on any atom is -0.496 e. The largest absolute Gasteiger partial charge is 0.496 e. The fourth-order valence-electron chi connectivity index (χ4n) is 3.76. The minimum absolute atomic E-state index is 0. The number of rotatable bonds is 5. The number of carbonyl (C=O) groups excluding carboxylic acids is 1. The molecule has 3 rings (SSSR count). The van der Waals surface area contributed by atoms with Gasteiger partial charge in [-0.1, -0.05) is 6.07 Å². The first-order valence-corrected chi connectivity index (χ1v) is 8.46. The molecule has 0 radical (unpaired) electrons. The summed E-state index contributed by atoms with van der Waals surface area (Å²) in [7, 11) is 3.17. The normalized spacial score (nSPS) is 23.1. The molecule has 1 amide bonds. The van der Waals surface area contributed by atoms with Gasteiger partial charge in [-0.15, -0.1) is 12.4 Å². The van der Waals surface area contributed by atoms with E-state index in [-0.39, 0.29) is 30.4 Å². The lowest BCUT2D eigenvalue weighted by molar-refractivity contribution is 0.0416. The average Bonchev–Trinajstić information content (AvgIpc) is 2.94. The number of ether oxygens (including phenoxy) is 2. The van der Waals surface area contributed by atoms with Crippen LogP contribution in [0.25, 0.3) is 0 Å². The summed E-state index contributed by atoms with van der Waals surface area (Å²) in [6, 6.07) is 5.95. The van der Waals surface area contributed by atoms with Crippen molar-refractivity contribution in [2.75, 3.05) is 14.2 Å². The molecule has 0 saturated heterocycles. The molecule has 0 heterocycles. The van der Waals surface area contributed by atoms with Gasteiger partial charge in [0.1, 0.15) is 17.1 Å². The molecule has 1 aromatic rings. The second kappa shape index (κ2) is 8.08. The quantitative estimate of drug-likeness (QED) is 0.882. The number of hydrogen-bond donors (Lipinski definition) is 1. The van der Waals surface area contributed by atoms with Crippen LogP contribution in [0.5, 0.6) is 11.5 Å². The smallest absolute Gasteiger partial charge is 0.261 e. The number of nitrogens with two attached hydrogens (primary N) is 1. The third-order valence-corrected chi connectivity index (χ3v) is 5.23. The molecule has 6 heteroatoms. The van der Waals surface area contributed by atoms with Crippen LogP contribution in [0.2, 0.25) is 0 Å². The van der Waals surface area contributed by atoms with Crippen molar-refractivity contribution in [2.24, 2.45) is 5.73 Å². The molecular formula is C18H27ClN2O3. The van der Waals surface area contributed by atoms with Crippen LogP contribution in [0.4, 0.5) is 0 Å². The molecule has 5 nitrogen and oxygen atoms in total. The molecule has 2 atom stereocenters. The number of carbonyl (C=O) groups is 1. The van der Waals surface area contributed by atoms with Crippen molar-refractivity contribution in [3.05, 3.63) is 23.8 Å². The Morgan fingerprint density at radius 3 is 2.08 bits per heavy atom.